The number of methoxy groups -OCH3 is 1. The van der Waals surface area contributed by atoms with Gasteiger partial charge in [0.1, 0.15) is 0 Å². The number of anilines is 1. The van der Waals surface area contributed by atoms with E-state index >= 15 is 0 Å². The van der Waals surface area contributed by atoms with Crippen molar-refractivity contribution in [2.75, 3.05) is 32.1 Å². The molecular formula is C21H27N3O4. The first-order chi connectivity index (χ1) is 13.5. The minimum atomic E-state index is -0.499. The van der Waals surface area contributed by atoms with Crippen LogP contribution >= 0.6 is 0 Å². The van der Waals surface area contributed by atoms with Crippen LogP contribution < -0.4 is 20.5 Å². The van der Waals surface area contributed by atoms with E-state index in [0.29, 0.717) is 42.4 Å². The zero-order valence-electron chi connectivity index (χ0n) is 16.5. The van der Waals surface area contributed by atoms with E-state index in [0.717, 1.165) is 5.56 Å². The number of hydrogen-bond acceptors (Lipinski definition) is 5. The molecule has 2 amide bonds. The summed E-state index contributed by atoms with van der Waals surface area (Å²) < 4.78 is 10.9. The Hall–Kier alpha value is -3.06. The molecule has 0 saturated carbocycles. The lowest BCUT2D eigenvalue weighted by atomic mass is 10.2. The Morgan fingerprint density at radius 2 is 1.79 bits per heavy atom. The van der Waals surface area contributed by atoms with Gasteiger partial charge in [0, 0.05) is 17.8 Å². The third-order valence-corrected chi connectivity index (χ3v) is 4.20. The Morgan fingerprint density at radius 3 is 2.36 bits per heavy atom. The van der Waals surface area contributed by atoms with Gasteiger partial charge in [-0.15, -0.1) is 0 Å². The standard InChI is InChI=1S/C21H27N3O4/c1-4-24(13-15-6-11-18(28-5-2)19(12-15)27-3)14-20(25)23-17-9-7-16(8-10-17)21(22)26/h6-12H,4-5,13-14H2,1-3H3,(H2,22,26)(H,23,25). The molecule has 0 aromatic heterocycles. The van der Waals surface area contributed by atoms with Crippen molar-refractivity contribution in [3.63, 3.8) is 0 Å². The highest BCUT2D eigenvalue weighted by Crippen LogP contribution is 2.28. The largest absolute Gasteiger partial charge is 0.493 e. The first kappa shape index (κ1) is 21.2. The van der Waals surface area contributed by atoms with Gasteiger partial charge >= 0.3 is 0 Å². The number of carbonyl (C=O) groups is 2. The highest BCUT2D eigenvalue weighted by atomic mass is 16.5. The fraction of sp³-hybridized carbons (Fsp3) is 0.333. The second-order valence-corrected chi connectivity index (χ2v) is 6.21. The quantitative estimate of drug-likeness (QED) is 0.656. The van der Waals surface area contributed by atoms with Gasteiger partial charge in [-0.3, -0.25) is 14.5 Å². The summed E-state index contributed by atoms with van der Waals surface area (Å²) in [6.45, 7) is 6.05. The third kappa shape index (κ3) is 5.99. The van der Waals surface area contributed by atoms with Crippen LogP contribution in [0, 0.1) is 0 Å². The maximum atomic E-state index is 12.4. The fourth-order valence-electron chi connectivity index (χ4n) is 2.74. The Labute approximate surface area is 165 Å². The smallest absolute Gasteiger partial charge is 0.248 e. The zero-order valence-corrected chi connectivity index (χ0v) is 16.5. The van der Waals surface area contributed by atoms with Crippen LogP contribution in [-0.2, 0) is 11.3 Å². The lowest BCUT2D eigenvalue weighted by Crippen LogP contribution is -2.32. The Balaban J connectivity index is 1.97. The summed E-state index contributed by atoms with van der Waals surface area (Å²) in [4.78, 5) is 25.5. The van der Waals surface area contributed by atoms with Crippen LogP contribution in [0.5, 0.6) is 11.5 Å². The molecule has 0 saturated heterocycles. The van der Waals surface area contributed by atoms with Crippen LogP contribution in [0.15, 0.2) is 42.5 Å². The van der Waals surface area contributed by atoms with Crippen molar-refractivity contribution in [2.24, 2.45) is 5.73 Å². The van der Waals surface area contributed by atoms with E-state index in [1.165, 1.54) is 0 Å². The van der Waals surface area contributed by atoms with Crippen LogP contribution in [0.25, 0.3) is 0 Å². The van der Waals surface area contributed by atoms with Gasteiger partial charge in [0.25, 0.3) is 0 Å². The Morgan fingerprint density at radius 1 is 1.07 bits per heavy atom. The molecule has 150 valence electrons. The number of nitrogens with two attached hydrogens (primary N) is 1. The molecule has 0 aliphatic carbocycles. The molecule has 2 rings (SSSR count). The number of rotatable bonds is 10. The van der Waals surface area contributed by atoms with Crippen LogP contribution in [-0.4, -0.2) is 43.5 Å². The van der Waals surface area contributed by atoms with Gasteiger partial charge in [-0.2, -0.15) is 0 Å². The summed E-state index contributed by atoms with van der Waals surface area (Å²) in [5.74, 6) is 0.746. The van der Waals surface area contributed by atoms with E-state index in [-0.39, 0.29) is 12.5 Å². The average Bonchev–Trinajstić information content (AvgIpc) is 2.69. The van der Waals surface area contributed by atoms with Crippen molar-refractivity contribution >= 4 is 17.5 Å². The fourth-order valence-corrected chi connectivity index (χ4v) is 2.74. The molecule has 0 bridgehead atoms. The van der Waals surface area contributed by atoms with E-state index < -0.39 is 5.91 Å². The lowest BCUT2D eigenvalue weighted by Gasteiger charge is -2.21. The van der Waals surface area contributed by atoms with Gasteiger partial charge in [-0.1, -0.05) is 13.0 Å². The molecule has 3 N–H and O–H groups in total. The SMILES string of the molecule is CCOc1ccc(CN(CC)CC(=O)Nc2ccc(C(N)=O)cc2)cc1OC. The summed E-state index contributed by atoms with van der Waals surface area (Å²) in [6, 6.07) is 12.3. The molecule has 0 aliphatic heterocycles. The zero-order chi connectivity index (χ0) is 20.5. The second kappa shape index (κ2) is 10.3. The predicted molar refractivity (Wildman–Crippen MR) is 109 cm³/mol. The summed E-state index contributed by atoms with van der Waals surface area (Å²) in [6.07, 6.45) is 0. The predicted octanol–water partition coefficient (Wildman–Crippen LogP) is 2.65. The molecule has 28 heavy (non-hydrogen) atoms. The summed E-state index contributed by atoms with van der Waals surface area (Å²) in [5.41, 5.74) is 7.27. The molecule has 7 nitrogen and oxygen atoms in total. The molecule has 0 atom stereocenters. The van der Waals surface area contributed by atoms with Gasteiger partial charge in [-0.05, 0) is 55.4 Å². The minimum absolute atomic E-state index is 0.133. The lowest BCUT2D eigenvalue weighted by molar-refractivity contribution is -0.117. The number of benzene rings is 2. The van der Waals surface area contributed by atoms with Crippen molar-refractivity contribution in [3.8, 4) is 11.5 Å². The summed E-state index contributed by atoms with van der Waals surface area (Å²) >= 11 is 0. The van der Waals surface area contributed by atoms with Gasteiger partial charge in [0.2, 0.25) is 11.8 Å². The normalized spacial score (nSPS) is 10.6. The van der Waals surface area contributed by atoms with E-state index in [9.17, 15) is 9.59 Å². The Bertz CT molecular complexity index is 806. The number of nitrogens with zero attached hydrogens (tertiary/aromatic N) is 1. The molecule has 2 aromatic rings. The summed E-state index contributed by atoms with van der Waals surface area (Å²) in [5, 5.41) is 2.83. The van der Waals surface area contributed by atoms with Crippen molar-refractivity contribution in [3.05, 3.63) is 53.6 Å². The van der Waals surface area contributed by atoms with Gasteiger partial charge < -0.3 is 20.5 Å². The molecular weight excluding hydrogens is 358 g/mol. The number of carbonyl (C=O) groups excluding carboxylic acids is 2. The second-order valence-electron chi connectivity index (χ2n) is 6.21. The Kier molecular flexibility index (Phi) is 7.83. The first-order valence-electron chi connectivity index (χ1n) is 9.18. The number of nitrogens with one attached hydrogen (secondary N) is 1. The number of ether oxygens (including phenoxy) is 2. The minimum Gasteiger partial charge on any atom is -0.493 e. The molecule has 0 aliphatic rings. The first-order valence-corrected chi connectivity index (χ1v) is 9.18. The molecule has 0 fully saturated rings. The summed E-state index contributed by atoms with van der Waals surface area (Å²) in [7, 11) is 1.61. The number of amides is 2. The highest BCUT2D eigenvalue weighted by molar-refractivity contribution is 5.95. The van der Waals surface area contributed by atoms with Crippen LogP contribution in [0.2, 0.25) is 0 Å². The molecule has 0 spiro atoms. The molecule has 2 aromatic carbocycles. The van der Waals surface area contributed by atoms with Crippen molar-refractivity contribution in [1.29, 1.82) is 0 Å². The number of primary amides is 1. The highest BCUT2D eigenvalue weighted by Gasteiger charge is 2.12. The topological polar surface area (TPSA) is 93.9 Å². The van der Waals surface area contributed by atoms with Crippen molar-refractivity contribution in [1.82, 2.24) is 4.90 Å². The van der Waals surface area contributed by atoms with E-state index in [1.54, 1.807) is 31.4 Å². The maximum Gasteiger partial charge on any atom is 0.248 e. The van der Waals surface area contributed by atoms with Crippen LogP contribution in [0.4, 0.5) is 5.69 Å². The number of likely N-dealkylation sites (N-methyl/N-ethyl adjacent to an activating group) is 1. The van der Waals surface area contributed by atoms with Gasteiger partial charge in [-0.25, -0.2) is 0 Å². The number of hydrogen-bond donors (Lipinski definition) is 2. The molecule has 0 unspecified atom stereocenters. The van der Waals surface area contributed by atoms with Crippen LogP contribution in [0.1, 0.15) is 29.8 Å². The molecule has 0 radical (unpaired) electrons. The van der Waals surface area contributed by atoms with E-state index in [2.05, 4.69) is 5.32 Å². The van der Waals surface area contributed by atoms with E-state index in [4.69, 9.17) is 15.2 Å². The van der Waals surface area contributed by atoms with Crippen LogP contribution in [0.3, 0.4) is 0 Å². The van der Waals surface area contributed by atoms with Crippen molar-refractivity contribution in [2.45, 2.75) is 20.4 Å². The average molecular weight is 385 g/mol. The molecule has 0 heterocycles. The van der Waals surface area contributed by atoms with Gasteiger partial charge in [0.15, 0.2) is 11.5 Å². The van der Waals surface area contributed by atoms with E-state index in [1.807, 2.05) is 36.9 Å². The third-order valence-electron chi connectivity index (χ3n) is 4.20. The monoisotopic (exact) mass is 385 g/mol. The maximum absolute atomic E-state index is 12.4. The molecule has 7 heteroatoms. The van der Waals surface area contributed by atoms with Gasteiger partial charge in [0.05, 0.1) is 20.3 Å². The van der Waals surface area contributed by atoms with Crippen molar-refractivity contribution < 1.29 is 19.1 Å².